The number of hydrogen-bond donors (Lipinski definition) is 3. The maximum atomic E-state index is 13.0. The highest BCUT2D eigenvalue weighted by atomic mass is 19.3. The molecule has 0 bridgehead atoms. The highest BCUT2D eigenvalue weighted by Gasteiger charge is 2.43. The zero-order valence-electron chi connectivity index (χ0n) is 13.3. The van der Waals surface area contributed by atoms with Crippen molar-refractivity contribution in [1.82, 2.24) is 10.3 Å². The van der Waals surface area contributed by atoms with E-state index in [0.717, 1.165) is 0 Å². The number of aromatic nitrogens is 1. The summed E-state index contributed by atoms with van der Waals surface area (Å²) in [5, 5.41) is 17.0. The van der Waals surface area contributed by atoms with E-state index in [1.54, 1.807) is 18.3 Å². The van der Waals surface area contributed by atoms with E-state index in [1.165, 1.54) is 18.2 Å². The highest BCUT2D eigenvalue weighted by molar-refractivity contribution is 5.89. The van der Waals surface area contributed by atoms with Crippen LogP contribution in [0.1, 0.15) is 5.56 Å². The van der Waals surface area contributed by atoms with Gasteiger partial charge in [-0.1, -0.05) is 0 Å². The zero-order valence-corrected chi connectivity index (χ0v) is 13.3. The van der Waals surface area contributed by atoms with E-state index < -0.39 is 12.3 Å². The third-order valence-corrected chi connectivity index (χ3v) is 3.29. The molecule has 3 rings (SSSR count). The Morgan fingerprint density at radius 1 is 1.23 bits per heavy atom. The number of fused-ring (bicyclic) bond motifs is 1. The molecule has 134 valence electrons. The molecule has 1 aliphatic rings. The molecule has 0 saturated carbocycles. The number of benzene rings is 1. The molecular formula is C16H13F2N5O3. The van der Waals surface area contributed by atoms with Gasteiger partial charge in [0.05, 0.1) is 5.56 Å². The molecule has 1 aromatic carbocycles. The average Bonchev–Trinajstić information content (AvgIpc) is 2.92. The molecule has 0 radical (unpaired) electrons. The van der Waals surface area contributed by atoms with Gasteiger partial charge in [-0.15, -0.1) is 8.78 Å². The fourth-order valence-corrected chi connectivity index (χ4v) is 2.20. The molecule has 2 aromatic rings. The number of nitriles is 1. The van der Waals surface area contributed by atoms with Gasteiger partial charge in [-0.25, -0.2) is 9.78 Å². The van der Waals surface area contributed by atoms with Crippen molar-refractivity contribution in [3.63, 3.8) is 0 Å². The Labute approximate surface area is 146 Å². The zero-order chi connectivity index (χ0) is 18.6. The molecule has 1 aliphatic heterocycles. The molecule has 10 heteroatoms. The standard InChI is InChI=1S/C16H13F2N5O3/c17-16(18)25-12-4-3-11(8-13(12)26-16)23-15(24)22-7-6-21-14-10(9-19)2-1-5-20-14/h1-5,8H,6-7H2,(H,20,21)(H2,22,23,24). The van der Waals surface area contributed by atoms with E-state index in [9.17, 15) is 13.6 Å². The number of halogens is 2. The maximum absolute atomic E-state index is 13.0. The van der Waals surface area contributed by atoms with E-state index in [4.69, 9.17) is 5.26 Å². The van der Waals surface area contributed by atoms with Crippen LogP contribution in [0.5, 0.6) is 11.5 Å². The van der Waals surface area contributed by atoms with Crippen molar-refractivity contribution in [1.29, 1.82) is 5.26 Å². The first kappa shape index (κ1) is 17.2. The van der Waals surface area contributed by atoms with Crippen LogP contribution in [0, 0.1) is 11.3 Å². The van der Waals surface area contributed by atoms with Gasteiger partial charge in [0, 0.05) is 31.0 Å². The Bertz CT molecular complexity index is 869. The molecule has 0 fully saturated rings. The highest BCUT2D eigenvalue weighted by Crippen LogP contribution is 2.42. The molecule has 0 aliphatic carbocycles. The van der Waals surface area contributed by atoms with Crippen LogP contribution in [0.2, 0.25) is 0 Å². The fourth-order valence-electron chi connectivity index (χ4n) is 2.20. The predicted octanol–water partition coefficient (Wildman–Crippen LogP) is 2.51. The molecule has 0 saturated heterocycles. The smallest absolute Gasteiger partial charge is 0.395 e. The minimum Gasteiger partial charge on any atom is -0.395 e. The molecule has 2 amide bonds. The van der Waals surface area contributed by atoms with Gasteiger partial charge in [-0.3, -0.25) is 0 Å². The summed E-state index contributed by atoms with van der Waals surface area (Å²) < 4.78 is 34.5. The van der Waals surface area contributed by atoms with Crippen molar-refractivity contribution in [2.75, 3.05) is 23.7 Å². The maximum Gasteiger partial charge on any atom is 0.586 e. The van der Waals surface area contributed by atoms with E-state index in [-0.39, 0.29) is 23.7 Å². The number of nitrogens with zero attached hydrogens (tertiary/aromatic N) is 2. The van der Waals surface area contributed by atoms with E-state index in [1.807, 2.05) is 6.07 Å². The van der Waals surface area contributed by atoms with Crippen molar-refractivity contribution in [3.05, 3.63) is 42.1 Å². The van der Waals surface area contributed by atoms with Crippen molar-refractivity contribution in [2.45, 2.75) is 6.29 Å². The Hall–Kier alpha value is -3.61. The Kier molecular flexibility index (Phi) is 4.70. The van der Waals surface area contributed by atoms with Crippen molar-refractivity contribution >= 4 is 17.5 Å². The quantitative estimate of drug-likeness (QED) is 0.706. The number of urea groups is 1. The van der Waals surface area contributed by atoms with Gasteiger partial charge >= 0.3 is 12.3 Å². The number of amides is 2. The first-order valence-corrected chi connectivity index (χ1v) is 7.50. The summed E-state index contributed by atoms with van der Waals surface area (Å²) in [5.41, 5.74) is 0.668. The van der Waals surface area contributed by atoms with Crippen molar-refractivity contribution < 1.29 is 23.0 Å². The van der Waals surface area contributed by atoms with Crippen LogP contribution in [-0.4, -0.2) is 30.4 Å². The van der Waals surface area contributed by atoms with Gasteiger partial charge < -0.3 is 25.4 Å². The number of carbonyl (C=O) groups is 1. The number of ether oxygens (including phenoxy) is 2. The second-order valence-corrected chi connectivity index (χ2v) is 5.15. The summed E-state index contributed by atoms with van der Waals surface area (Å²) in [7, 11) is 0. The van der Waals surface area contributed by atoms with Gasteiger partial charge in [0.15, 0.2) is 11.5 Å². The molecule has 26 heavy (non-hydrogen) atoms. The van der Waals surface area contributed by atoms with Crippen molar-refractivity contribution in [3.8, 4) is 17.6 Å². The Balaban J connectivity index is 1.46. The summed E-state index contributed by atoms with van der Waals surface area (Å²) in [6, 6.07) is 8.67. The number of hydrogen-bond acceptors (Lipinski definition) is 6. The Morgan fingerprint density at radius 2 is 2.04 bits per heavy atom. The van der Waals surface area contributed by atoms with E-state index in [2.05, 4.69) is 30.4 Å². The van der Waals surface area contributed by atoms with Crippen molar-refractivity contribution in [2.24, 2.45) is 0 Å². The molecule has 3 N–H and O–H groups in total. The van der Waals surface area contributed by atoms with Crippen LogP contribution in [0.3, 0.4) is 0 Å². The number of rotatable bonds is 5. The van der Waals surface area contributed by atoms with Crippen LogP contribution in [-0.2, 0) is 0 Å². The van der Waals surface area contributed by atoms with Gasteiger partial charge in [0.2, 0.25) is 0 Å². The third kappa shape index (κ3) is 4.07. The van der Waals surface area contributed by atoms with Crippen LogP contribution in [0.4, 0.5) is 25.1 Å². The fraction of sp³-hybridized carbons (Fsp3) is 0.188. The van der Waals surface area contributed by atoms with E-state index >= 15 is 0 Å². The first-order valence-electron chi connectivity index (χ1n) is 7.50. The van der Waals surface area contributed by atoms with Gasteiger partial charge in [0.1, 0.15) is 11.9 Å². The lowest BCUT2D eigenvalue weighted by Gasteiger charge is -2.09. The minimum absolute atomic E-state index is 0.103. The van der Waals surface area contributed by atoms with Gasteiger partial charge in [-0.2, -0.15) is 5.26 Å². The predicted molar refractivity (Wildman–Crippen MR) is 87.1 cm³/mol. The lowest BCUT2D eigenvalue weighted by molar-refractivity contribution is -0.286. The van der Waals surface area contributed by atoms with Crippen LogP contribution in [0.15, 0.2) is 36.5 Å². The van der Waals surface area contributed by atoms with Crippen LogP contribution >= 0.6 is 0 Å². The SMILES string of the molecule is N#Cc1cccnc1NCCNC(=O)Nc1ccc2c(c1)OC(F)(F)O2. The molecule has 0 unspecified atom stereocenters. The molecule has 2 heterocycles. The largest absolute Gasteiger partial charge is 0.586 e. The third-order valence-electron chi connectivity index (χ3n) is 3.29. The van der Waals surface area contributed by atoms with E-state index in [0.29, 0.717) is 17.9 Å². The minimum atomic E-state index is -3.71. The Morgan fingerprint density at radius 3 is 2.85 bits per heavy atom. The number of anilines is 2. The summed E-state index contributed by atoms with van der Waals surface area (Å²) in [5.74, 6) is 0.163. The van der Waals surface area contributed by atoms with Gasteiger partial charge in [-0.05, 0) is 24.3 Å². The van der Waals surface area contributed by atoms with Gasteiger partial charge in [0.25, 0.3) is 0 Å². The molecule has 0 atom stereocenters. The lowest BCUT2D eigenvalue weighted by Crippen LogP contribution is -2.32. The lowest BCUT2D eigenvalue weighted by atomic mass is 10.3. The normalized spacial score (nSPS) is 13.6. The summed E-state index contributed by atoms with van der Waals surface area (Å²) in [6.07, 6.45) is -2.16. The molecule has 0 spiro atoms. The van der Waals surface area contributed by atoms with Crippen LogP contribution in [0.25, 0.3) is 0 Å². The monoisotopic (exact) mass is 361 g/mol. The second-order valence-electron chi connectivity index (χ2n) is 5.15. The number of nitrogens with one attached hydrogen (secondary N) is 3. The average molecular weight is 361 g/mol. The summed E-state index contributed by atoms with van der Waals surface area (Å²) in [4.78, 5) is 15.9. The topological polar surface area (TPSA) is 108 Å². The van der Waals surface area contributed by atoms with Crippen LogP contribution < -0.4 is 25.4 Å². The number of alkyl halides is 2. The number of pyridine rings is 1. The number of carbonyl (C=O) groups excluding carboxylic acids is 1. The molecule has 8 nitrogen and oxygen atoms in total. The summed E-state index contributed by atoms with van der Waals surface area (Å²) >= 11 is 0. The molecule has 1 aromatic heterocycles. The second kappa shape index (κ2) is 7.10. The summed E-state index contributed by atoms with van der Waals surface area (Å²) in [6.45, 7) is 0.586. The molecular weight excluding hydrogens is 348 g/mol. The first-order chi connectivity index (χ1) is 12.5.